The largest absolute Gasteiger partial charge is 0.449 e. The fourth-order valence-corrected chi connectivity index (χ4v) is 3.84. The van der Waals surface area contributed by atoms with E-state index in [0.29, 0.717) is 22.5 Å². The number of pyridine rings is 1. The number of carbonyl (C=O) groups excluding carboxylic acids is 2. The van der Waals surface area contributed by atoms with Crippen LogP contribution in [0.5, 0.6) is 0 Å². The average Bonchev–Trinajstić information content (AvgIpc) is 3.44. The molecule has 1 N–H and O–H groups in total. The van der Waals surface area contributed by atoms with Gasteiger partial charge in [0.1, 0.15) is 0 Å². The van der Waals surface area contributed by atoms with Crippen LogP contribution in [-0.2, 0) is 16.0 Å². The number of aromatic nitrogens is 2. The molecule has 3 aromatic heterocycles. The number of benzene rings is 1. The van der Waals surface area contributed by atoms with Crippen LogP contribution >= 0.6 is 11.3 Å². The SMILES string of the molecule is CCc1ccc(NC(=O)C(C)OC(=O)c2cc(-c3cccs3)nc3onc(C)c23)cc1. The third kappa shape index (κ3) is 4.34. The lowest BCUT2D eigenvalue weighted by Crippen LogP contribution is -2.30. The molecule has 0 saturated heterocycles. The zero-order valence-electron chi connectivity index (χ0n) is 17.3. The van der Waals surface area contributed by atoms with Crippen LogP contribution in [0.25, 0.3) is 21.7 Å². The van der Waals surface area contributed by atoms with Crippen molar-refractivity contribution < 1.29 is 18.8 Å². The Hall–Kier alpha value is -3.52. The van der Waals surface area contributed by atoms with Gasteiger partial charge in [0.05, 0.1) is 27.2 Å². The summed E-state index contributed by atoms with van der Waals surface area (Å²) < 4.78 is 10.8. The minimum absolute atomic E-state index is 0.253. The first kappa shape index (κ1) is 20.7. The molecular formula is C23H21N3O4S. The molecule has 0 bridgehead atoms. The molecule has 1 atom stereocenters. The number of carbonyl (C=O) groups is 2. The highest BCUT2D eigenvalue weighted by Gasteiger charge is 2.24. The lowest BCUT2D eigenvalue weighted by Gasteiger charge is -2.14. The van der Waals surface area contributed by atoms with Crippen molar-refractivity contribution in [2.75, 3.05) is 5.32 Å². The smallest absolute Gasteiger partial charge is 0.339 e. The Morgan fingerprint density at radius 1 is 1.23 bits per heavy atom. The van der Waals surface area contributed by atoms with Gasteiger partial charge >= 0.3 is 5.97 Å². The molecular weight excluding hydrogens is 414 g/mol. The van der Waals surface area contributed by atoms with Gasteiger partial charge < -0.3 is 14.6 Å². The van der Waals surface area contributed by atoms with Crippen LogP contribution in [-0.4, -0.2) is 28.1 Å². The summed E-state index contributed by atoms with van der Waals surface area (Å²) in [6, 6.07) is 13.0. The number of nitrogens with one attached hydrogen (secondary N) is 1. The van der Waals surface area contributed by atoms with Gasteiger partial charge in [0, 0.05) is 5.69 Å². The first-order valence-corrected chi connectivity index (χ1v) is 10.8. The second kappa shape index (κ2) is 8.69. The van der Waals surface area contributed by atoms with Gasteiger partial charge in [0.25, 0.3) is 11.6 Å². The van der Waals surface area contributed by atoms with Crippen molar-refractivity contribution in [3.8, 4) is 10.6 Å². The van der Waals surface area contributed by atoms with Crippen molar-refractivity contribution >= 4 is 40.0 Å². The van der Waals surface area contributed by atoms with Gasteiger partial charge in [0.15, 0.2) is 6.10 Å². The third-order valence-corrected chi connectivity index (χ3v) is 5.79. The standard InChI is InChI=1S/C23H21N3O4S/c1-4-15-7-9-16(10-8-15)24-21(27)14(3)29-23(28)17-12-18(19-6-5-11-31-19)25-22-20(17)13(2)26-30-22/h5-12,14H,4H2,1-3H3,(H,24,27). The topological polar surface area (TPSA) is 94.3 Å². The van der Waals surface area contributed by atoms with E-state index in [1.54, 1.807) is 13.0 Å². The Morgan fingerprint density at radius 3 is 2.68 bits per heavy atom. The maximum Gasteiger partial charge on any atom is 0.339 e. The highest BCUT2D eigenvalue weighted by molar-refractivity contribution is 7.13. The van der Waals surface area contributed by atoms with Crippen LogP contribution in [0, 0.1) is 6.92 Å². The van der Waals surface area contributed by atoms with Crippen LogP contribution in [0.15, 0.2) is 52.4 Å². The molecule has 0 aliphatic rings. The first-order valence-electron chi connectivity index (χ1n) is 9.88. The molecule has 7 nitrogen and oxygen atoms in total. The molecule has 31 heavy (non-hydrogen) atoms. The normalized spacial score (nSPS) is 12.0. The van der Waals surface area contributed by atoms with Crippen molar-refractivity contribution in [3.63, 3.8) is 0 Å². The zero-order valence-corrected chi connectivity index (χ0v) is 18.2. The molecule has 4 rings (SSSR count). The van der Waals surface area contributed by atoms with Crippen molar-refractivity contribution in [2.24, 2.45) is 0 Å². The van der Waals surface area contributed by atoms with Gasteiger partial charge in [-0.2, -0.15) is 0 Å². The Bertz CT molecular complexity index is 1230. The van der Waals surface area contributed by atoms with Gasteiger partial charge in [-0.3, -0.25) is 4.79 Å². The Morgan fingerprint density at radius 2 is 2.00 bits per heavy atom. The summed E-state index contributed by atoms with van der Waals surface area (Å²) in [5, 5.41) is 9.09. The molecule has 158 valence electrons. The monoisotopic (exact) mass is 435 g/mol. The summed E-state index contributed by atoms with van der Waals surface area (Å²) >= 11 is 1.49. The van der Waals surface area contributed by atoms with Crippen LogP contribution in [0.3, 0.4) is 0 Å². The molecule has 1 aromatic carbocycles. The Kier molecular flexibility index (Phi) is 5.81. The lowest BCUT2D eigenvalue weighted by atomic mass is 10.1. The average molecular weight is 436 g/mol. The molecule has 8 heteroatoms. The van der Waals surface area contributed by atoms with Crippen LogP contribution < -0.4 is 5.32 Å². The molecule has 1 amide bonds. The second-order valence-corrected chi connectivity index (χ2v) is 8.02. The predicted octanol–water partition coefficient (Wildman–Crippen LogP) is 5.01. The number of thiophene rings is 1. The summed E-state index contributed by atoms with van der Waals surface area (Å²) in [7, 11) is 0. The Labute approximate surface area is 183 Å². The summed E-state index contributed by atoms with van der Waals surface area (Å²) in [6.45, 7) is 5.32. The highest BCUT2D eigenvalue weighted by atomic mass is 32.1. The van der Waals surface area contributed by atoms with Crippen LogP contribution in [0.1, 0.15) is 35.5 Å². The number of ether oxygens (including phenoxy) is 1. The maximum absolute atomic E-state index is 13.0. The van der Waals surface area contributed by atoms with E-state index in [1.807, 2.05) is 41.8 Å². The molecule has 0 radical (unpaired) electrons. The summed E-state index contributed by atoms with van der Waals surface area (Å²) in [5.41, 5.74) is 3.44. The third-order valence-electron chi connectivity index (χ3n) is 4.89. The van der Waals surface area contributed by atoms with Crippen molar-refractivity contribution in [3.05, 3.63) is 64.7 Å². The Balaban J connectivity index is 1.55. The van der Waals surface area contributed by atoms with E-state index in [2.05, 4.69) is 22.4 Å². The molecule has 0 spiro atoms. The van der Waals surface area contributed by atoms with Gasteiger partial charge in [-0.15, -0.1) is 11.3 Å². The highest BCUT2D eigenvalue weighted by Crippen LogP contribution is 2.30. The number of rotatable bonds is 6. The van der Waals surface area contributed by atoms with E-state index in [9.17, 15) is 9.59 Å². The number of hydrogen-bond donors (Lipinski definition) is 1. The quantitative estimate of drug-likeness (QED) is 0.428. The molecule has 1 unspecified atom stereocenters. The number of aryl methyl sites for hydroxylation is 2. The van der Waals surface area contributed by atoms with E-state index in [1.165, 1.54) is 23.8 Å². The van der Waals surface area contributed by atoms with E-state index in [0.717, 1.165) is 11.3 Å². The number of amides is 1. The minimum atomic E-state index is -0.994. The van der Waals surface area contributed by atoms with Gasteiger partial charge in [-0.25, -0.2) is 9.78 Å². The van der Waals surface area contributed by atoms with Gasteiger partial charge in [0.2, 0.25) is 0 Å². The number of esters is 1. The first-order chi connectivity index (χ1) is 15.0. The lowest BCUT2D eigenvalue weighted by molar-refractivity contribution is -0.123. The number of nitrogens with zero attached hydrogens (tertiary/aromatic N) is 2. The molecule has 0 aliphatic heterocycles. The van der Waals surface area contributed by atoms with E-state index < -0.39 is 18.0 Å². The summed E-state index contributed by atoms with van der Waals surface area (Å²) in [4.78, 5) is 30.9. The number of hydrogen-bond acceptors (Lipinski definition) is 7. The van der Waals surface area contributed by atoms with Crippen LogP contribution in [0.4, 0.5) is 5.69 Å². The molecule has 0 saturated carbocycles. The van der Waals surface area contributed by atoms with Crippen molar-refractivity contribution in [1.82, 2.24) is 10.1 Å². The van der Waals surface area contributed by atoms with E-state index in [-0.39, 0.29) is 11.3 Å². The molecule has 0 aliphatic carbocycles. The number of anilines is 1. The zero-order chi connectivity index (χ0) is 22.0. The van der Waals surface area contributed by atoms with E-state index in [4.69, 9.17) is 9.26 Å². The minimum Gasteiger partial charge on any atom is -0.449 e. The molecule has 0 fully saturated rings. The van der Waals surface area contributed by atoms with Gasteiger partial charge in [-0.1, -0.05) is 30.3 Å². The second-order valence-electron chi connectivity index (χ2n) is 7.07. The molecule has 3 heterocycles. The van der Waals surface area contributed by atoms with Gasteiger partial charge in [-0.05, 0) is 55.5 Å². The summed E-state index contributed by atoms with van der Waals surface area (Å²) in [5.74, 6) is -1.05. The summed E-state index contributed by atoms with van der Waals surface area (Å²) in [6.07, 6.45) is -0.0785. The number of fused-ring (bicyclic) bond motifs is 1. The molecule has 4 aromatic rings. The fourth-order valence-electron chi connectivity index (χ4n) is 3.15. The predicted molar refractivity (Wildman–Crippen MR) is 119 cm³/mol. The van der Waals surface area contributed by atoms with Crippen molar-refractivity contribution in [2.45, 2.75) is 33.3 Å². The van der Waals surface area contributed by atoms with E-state index >= 15 is 0 Å². The maximum atomic E-state index is 13.0. The fraction of sp³-hybridized carbons (Fsp3) is 0.217. The van der Waals surface area contributed by atoms with Crippen molar-refractivity contribution in [1.29, 1.82) is 0 Å². The van der Waals surface area contributed by atoms with Crippen LogP contribution in [0.2, 0.25) is 0 Å².